The maximum atomic E-state index is 15.2. The van der Waals surface area contributed by atoms with E-state index in [2.05, 4.69) is 20.6 Å². The van der Waals surface area contributed by atoms with E-state index in [1.54, 1.807) is 13.8 Å². The number of rotatable bonds is 10. The van der Waals surface area contributed by atoms with Crippen molar-refractivity contribution in [1.82, 2.24) is 23.4 Å². The maximum absolute atomic E-state index is 15.2. The lowest BCUT2D eigenvalue weighted by Gasteiger charge is -2.29. The second-order valence-electron chi connectivity index (χ2n) is 11.3. The molecule has 0 unspecified atom stereocenters. The van der Waals surface area contributed by atoms with Gasteiger partial charge in [0.25, 0.3) is 11.5 Å². The Morgan fingerprint density at radius 3 is 2.33 bits per heavy atom. The average molecular weight is 690 g/mol. The molecular weight excluding hydrogens is 660 g/mol. The highest BCUT2D eigenvalue weighted by Gasteiger charge is 2.29. The van der Waals surface area contributed by atoms with Gasteiger partial charge in [0.1, 0.15) is 33.7 Å². The van der Waals surface area contributed by atoms with Crippen molar-refractivity contribution in [2.45, 2.75) is 31.2 Å². The maximum Gasteiger partial charge on any atom is 0.335 e. The second-order valence-corrected chi connectivity index (χ2v) is 13.2. The first-order valence-corrected chi connectivity index (χ1v) is 16.5. The molecule has 0 saturated carbocycles. The fourth-order valence-electron chi connectivity index (χ4n) is 4.86. The summed E-state index contributed by atoms with van der Waals surface area (Å²) in [6, 6.07) is 13.8. The number of amides is 1. The van der Waals surface area contributed by atoms with Crippen molar-refractivity contribution in [1.29, 1.82) is 0 Å². The lowest BCUT2D eigenvalue weighted by atomic mass is 10.2. The monoisotopic (exact) mass is 689 g/mol. The minimum Gasteiger partial charge on any atom is -0.454 e. The van der Waals surface area contributed by atoms with Crippen LogP contribution in [0.15, 0.2) is 99.8 Å². The summed E-state index contributed by atoms with van der Waals surface area (Å²) < 4.78 is 62.8. The Bertz CT molecular complexity index is 2270. The fourth-order valence-corrected chi connectivity index (χ4v) is 6.32. The molecule has 1 aliphatic heterocycles. The molecule has 16 heteroatoms. The van der Waals surface area contributed by atoms with Gasteiger partial charge in [-0.3, -0.25) is 14.2 Å². The minimum absolute atomic E-state index is 0.00704. The van der Waals surface area contributed by atoms with Gasteiger partial charge in [-0.05, 0) is 74.9 Å². The first-order valence-electron chi connectivity index (χ1n) is 15.0. The molecule has 1 fully saturated rings. The van der Waals surface area contributed by atoms with E-state index in [1.165, 1.54) is 69.8 Å². The smallest absolute Gasteiger partial charge is 0.335 e. The van der Waals surface area contributed by atoms with Crippen LogP contribution in [-0.4, -0.2) is 50.8 Å². The normalized spacial score (nSPS) is 13.2. The van der Waals surface area contributed by atoms with Gasteiger partial charge in [0.05, 0.1) is 5.69 Å². The Kier molecular flexibility index (Phi) is 9.07. The summed E-state index contributed by atoms with van der Waals surface area (Å²) in [6.45, 7) is 4.35. The van der Waals surface area contributed by atoms with Gasteiger partial charge in [-0.2, -0.15) is 4.31 Å². The molecule has 252 valence electrons. The quantitative estimate of drug-likeness (QED) is 0.210. The molecule has 1 aliphatic rings. The van der Waals surface area contributed by atoms with E-state index in [9.17, 15) is 27.2 Å². The van der Waals surface area contributed by atoms with Crippen LogP contribution in [0, 0.1) is 11.6 Å². The zero-order valence-corrected chi connectivity index (χ0v) is 26.9. The third-order valence-corrected chi connectivity index (χ3v) is 9.48. The highest BCUT2D eigenvalue weighted by Crippen LogP contribution is 2.29. The number of carbonyl (C=O) groups is 1. The van der Waals surface area contributed by atoms with Crippen molar-refractivity contribution in [2.24, 2.45) is 0 Å². The number of ether oxygens (including phenoxy) is 1. The summed E-state index contributed by atoms with van der Waals surface area (Å²) in [7, 11) is -3.57. The molecule has 49 heavy (non-hydrogen) atoms. The fraction of sp³-hybridized carbons (Fsp3) is 0.182. The number of halogens is 2. The van der Waals surface area contributed by atoms with Gasteiger partial charge in [-0.15, -0.1) is 0 Å². The molecule has 4 heterocycles. The van der Waals surface area contributed by atoms with Gasteiger partial charge >= 0.3 is 5.69 Å². The molecule has 2 aromatic carbocycles. The molecule has 5 aromatic rings. The van der Waals surface area contributed by atoms with Crippen molar-refractivity contribution in [3.63, 3.8) is 0 Å². The summed E-state index contributed by atoms with van der Waals surface area (Å²) in [5.74, 6) is -1.65. The van der Waals surface area contributed by atoms with Crippen LogP contribution in [0.5, 0.6) is 11.5 Å². The Labute approximate surface area is 278 Å². The molecule has 6 rings (SSSR count). The topological polar surface area (TPSA) is 158 Å². The van der Waals surface area contributed by atoms with Crippen LogP contribution in [-0.2, 0) is 10.0 Å². The number of benzene rings is 2. The van der Waals surface area contributed by atoms with E-state index in [1.807, 2.05) is 0 Å². The van der Waals surface area contributed by atoms with E-state index in [0.717, 1.165) is 35.4 Å². The summed E-state index contributed by atoms with van der Waals surface area (Å²) in [6.07, 6.45) is 4.63. The number of sulfonamides is 1. The number of anilines is 3. The van der Waals surface area contributed by atoms with Crippen LogP contribution in [0.2, 0.25) is 0 Å². The molecule has 2 N–H and O–H groups in total. The number of pyridine rings is 2. The molecule has 0 bridgehead atoms. The van der Waals surface area contributed by atoms with Gasteiger partial charge in [-0.1, -0.05) is 0 Å². The third kappa shape index (κ3) is 6.95. The lowest BCUT2D eigenvalue weighted by molar-refractivity contribution is 0.102. The number of nitrogens with zero attached hydrogens (tertiary/aromatic N) is 5. The zero-order valence-electron chi connectivity index (χ0n) is 26.1. The van der Waals surface area contributed by atoms with Crippen molar-refractivity contribution in [2.75, 3.05) is 23.7 Å². The Hall–Kier alpha value is -5.74. The van der Waals surface area contributed by atoms with Gasteiger partial charge in [0.2, 0.25) is 10.0 Å². The highest BCUT2D eigenvalue weighted by atomic mass is 32.2. The van der Waals surface area contributed by atoms with Crippen molar-refractivity contribution >= 4 is 33.3 Å². The Balaban J connectivity index is 1.17. The first-order chi connectivity index (χ1) is 23.4. The SMILES string of the molecule is CC(C)n1cc(C(=O)Nc2ccc(Oc3ccnc(Nc4ccc(S(=O)(=O)N5CCC5)cn4)c3)c(F)c2)c(=O)n(-c2ccc(F)cc2)c1=O. The summed E-state index contributed by atoms with van der Waals surface area (Å²) in [5, 5.41) is 5.42. The van der Waals surface area contributed by atoms with Crippen LogP contribution < -0.4 is 26.6 Å². The van der Waals surface area contributed by atoms with Gasteiger partial charge in [-0.25, -0.2) is 36.5 Å². The van der Waals surface area contributed by atoms with Crippen LogP contribution in [0.1, 0.15) is 36.7 Å². The molecule has 0 atom stereocenters. The highest BCUT2D eigenvalue weighted by molar-refractivity contribution is 7.89. The van der Waals surface area contributed by atoms with Crippen LogP contribution in [0.3, 0.4) is 0 Å². The number of carbonyl (C=O) groups excluding carboxylic acids is 1. The Morgan fingerprint density at radius 2 is 1.69 bits per heavy atom. The molecule has 3 aromatic heterocycles. The standard InChI is InChI=1S/C33H29F2N7O6S/c1-20(2)41-19-26(32(44)42(33(41)45)23-7-4-21(34)5-8-23)31(43)38-22-6-10-28(27(35)16-22)48-24-12-13-36-30(17-24)39-29-11-9-25(18-37-29)49(46,47)40-14-3-15-40/h4-13,16-20H,3,14-15H2,1-2H3,(H,38,43)(H,36,37,39). The van der Waals surface area contributed by atoms with E-state index in [0.29, 0.717) is 24.7 Å². The number of aromatic nitrogens is 4. The third-order valence-electron chi connectivity index (χ3n) is 7.59. The van der Waals surface area contributed by atoms with Gasteiger partial charge in [0.15, 0.2) is 11.6 Å². The summed E-state index contributed by atoms with van der Waals surface area (Å²) in [5.41, 5.74) is -1.96. The largest absolute Gasteiger partial charge is 0.454 e. The average Bonchev–Trinajstić information content (AvgIpc) is 3.02. The van der Waals surface area contributed by atoms with Crippen LogP contribution in [0.4, 0.5) is 26.1 Å². The molecule has 0 radical (unpaired) electrons. The molecule has 1 saturated heterocycles. The van der Waals surface area contributed by atoms with E-state index in [4.69, 9.17) is 4.74 Å². The van der Waals surface area contributed by atoms with E-state index < -0.39 is 50.4 Å². The van der Waals surface area contributed by atoms with Crippen LogP contribution in [0.25, 0.3) is 5.69 Å². The van der Waals surface area contributed by atoms with Crippen molar-refractivity contribution in [3.05, 3.63) is 123 Å². The Morgan fingerprint density at radius 1 is 0.939 bits per heavy atom. The predicted molar refractivity (Wildman–Crippen MR) is 176 cm³/mol. The van der Waals surface area contributed by atoms with Gasteiger partial charge < -0.3 is 15.4 Å². The minimum atomic E-state index is -3.57. The summed E-state index contributed by atoms with van der Waals surface area (Å²) in [4.78, 5) is 48.1. The molecule has 0 aliphatic carbocycles. The van der Waals surface area contributed by atoms with Gasteiger partial charge in [0, 0.05) is 55.5 Å². The second kappa shape index (κ2) is 13.4. The molecule has 0 spiro atoms. The molecule has 13 nitrogen and oxygen atoms in total. The van der Waals surface area contributed by atoms with Crippen molar-refractivity contribution in [3.8, 4) is 17.2 Å². The molecule has 1 amide bonds. The zero-order chi connectivity index (χ0) is 34.9. The van der Waals surface area contributed by atoms with Crippen molar-refractivity contribution < 1.29 is 26.7 Å². The predicted octanol–water partition coefficient (Wildman–Crippen LogP) is 4.83. The number of nitrogens with one attached hydrogen (secondary N) is 2. The first kappa shape index (κ1) is 33.2. The van der Waals surface area contributed by atoms with E-state index >= 15 is 4.39 Å². The lowest BCUT2D eigenvalue weighted by Crippen LogP contribution is -2.42. The van der Waals surface area contributed by atoms with Crippen LogP contribution >= 0.6 is 0 Å². The number of hydrogen-bond donors (Lipinski definition) is 2. The summed E-state index contributed by atoms with van der Waals surface area (Å²) >= 11 is 0. The number of hydrogen-bond acceptors (Lipinski definition) is 9. The van der Waals surface area contributed by atoms with E-state index in [-0.39, 0.29) is 27.8 Å². The molecular formula is C33H29F2N7O6S.